The van der Waals surface area contributed by atoms with Gasteiger partial charge in [0.15, 0.2) is 5.82 Å². The van der Waals surface area contributed by atoms with Crippen molar-refractivity contribution >= 4 is 40.4 Å². The lowest BCUT2D eigenvalue weighted by atomic mass is 10.2. The Balaban J connectivity index is 1.40. The number of anilines is 1. The van der Waals surface area contributed by atoms with Crippen LogP contribution in [-0.4, -0.2) is 31.5 Å². The van der Waals surface area contributed by atoms with E-state index < -0.39 is 23.2 Å². The molecule has 4 aromatic rings. The number of amides is 2. The Morgan fingerprint density at radius 3 is 2.78 bits per heavy atom. The van der Waals surface area contributed by atoms with Gasteiger partial charge < -0.3 is 15.2 Å². The molecule has 3 aromatic heterocycles. The van der Waals surface area contributed by atoms with Crippen molar-refractivity contribution in [3.63, 3.8) is 0 Å². The lowest BCUT2D eigenvalue weighted by Gasteiger charge is -2.08. The summed E-state index contributed by atoms with van der Waals surface area (Å²) in [5.41, 5.74) is -0.324. The third-order valence-corrected chi connectivity index (χ3v) is 5.30. The Kier molecular flexibility index (Phi) is 6.05. The number of nitrogens with one attached hydrogen (secondary N) is 2. The largest absolute Gasteiger partial charge is 0.344 e. The molecule has 0 unspecified atom stereocenters. The van der Waals surface area contributed by atoms with Crippen molar-refractivity contribution in [3.05, 3.63) is 86.0 Å². The molecule has 0 bridgehead atoms. The van der Waals surface area contributed by atoms with E-state index in [2.05, 4.69) is 25.8 Å². The third kappa shape index (κ3) is 4.71. The van der Waals surface area contributed by atoms with Gasteiger partial charge in [-0.1, -0.05) is 16.8 Å². The number of carbonyl (C=O) groups excluding carboxylic acids is 2. The van der Waals surface area contributed by atoms with Crippen LogP contribution in [0, 0.1) is 5.82 Å². The highest BCUT2D eigenvalue weighted by molar-refractivity contribution is 7.17. The molecule has 1 aromatic carbocycles. The molecule has 10 nitrogen and oxygen atoms in total. The molecule has 0 saturated carbocycles. The average Bonchev–Trinajstić information content (AvgIpc) is 3.43. The Bertz CT molecular complexity index is 1370. The van der Waals surface area contributed by atoms with E-state index in [0.29, 0.717) is 9.21 Å². The first-order chi connectivity index (χ1) is 15.4. The summed E-state index contributed by atoms with van der Waals surface area (Å²) in [4.78, 5) is 44.1. The van der Waals surface area contributed by atoms with E-state index >= 15 is 0 Å². The van der Waals surface area contributed by atoms with Gasteiger partial charge in [0.05, 0.1) is 33.3 Å². The lowest BCUT2D eigenvalue weighted by molar-refractivity contribution is 0.0951. The second-order valence-corrected chi connectivity index (χ2v) is 7.92. The highest BCUT2D eigenvalue weighted by atomic mass is 35.5. The predicted molar refractivity (Wildman–Crippen MR) is 113 cm³/mol. The summed E-state index contributed by atoms with van der Waals surface area (Å²) >= 11 is 6.91. The van der Waals surface area contributed by atoms with Gasteiger partial charge in [0, 0.05) is 18.5 Å². The minimum Gasteiger partial charge on any atom is -0.344 e. The molecule has 4 rings (SSSR count). The van der Waals surface area contributed by atoms with Crippen LogP contribution in [0.25, 0.3) is 5.69 Å². The quantitative estimate of drug-likeness (QED) is 0.439. The molecule has 2 amide bonds. The molecular formula is C19H12ClFN6O4S. The smallest absolute Gasteiger partial charge is 0.316 e. The summed E-state index contributed by atoms with van der Waals surface area (Å²) in [6.07, 6.45) is 3.88. The van der Waals surface area contributed by atoms with Crippen molar-refractivity contribution < 1.29 is 18.5 Å². The topological polar surface area (TPSA) is 132 Å². The molecule has 0 saturated heterocycles. The van der Waals surface area contributed by atoms with Gasteiger partial charge in [-0.05, 0) is 24.3 Å². The molecule has 0 spiro atoms. The van der Waals surface area contributed by atoms with Crippen LogP contribution in [-0.2, 0) is 6.54 Å². The second kappa shape index (κ2) is 9.08. The monoisotopic (exact) mass is 474 g/mol. The summed E-state index contributed by atoms with van der Waals surface area (Å²) in [5.74, 6) is -2.36. The summed E-state index contributed by atoms with van der Waals surface area (Å²) in [5, 5.41) is 8.50. The normalized spacial score (nSPS) is 10.7. The Labute approximate surface area is 187 Å². The first kappa shape index (κ1) is 21.3. The molecule has 0 radical (unpaired) electrons. The van der Waals surface area contributed by atoms with E-state index in [4.69, 9.17) is 16.1 Å². The first-order valence-corrected chi connectivity index (χ1v) is 10.1. The maximum Gasteiger partial charge on any atom is 0.316 e. The molecule has 0 aliphatic rings. The summed E-state index contributed by atoms with van der Waals surface area (Å²) in [6.45, 7) is -0.0884. The summed E-state index contributed by atoms with van der Waals surface area (Å²) in [6, 6.07) is 6.99. The van der Waals surface area contributed by atoms with Gasteiger partial charge in [-0.2, -0.15) is 4.98 Å². The number of carbonyl (C=O) groups is 2. The number of rotatable bonds is 6. The minimum atomic E-state index is -0.840. The van der Waals surface area contributed by atoms with Crippen LogP contribution in [0.15, 0.2) is 58.2 Å². The van der Waals surface area contributed by atoms with Crippen LogP contribution in [0.1, 0.15) is 26.2 Å². The molecule has 2 N–H and O–H groups in total. The van der Waals surface area contributed by atoms with Gasteiger partial charge in [0.1, 0.15) is 5.82 Å². The van der Waals surface area contributed by atoms with E-state index in [1.165, 1.54) is 29.1 Å². The highest BCUT2D eigenvalue weighted by Gasteiger charge is 2.18. The van der Waals surface area contributed by atoms with Crippen molar-refractivity contribution in [1.29, 1.82) is 0 Å². The van der Waals surface area contributed by atoms with E-state index in [-0.39, 0.29) is 29.7 Å². The van der Waals surface area contributed by atoms with E-state index in [0.717, 1.165) is 23.6 Å². The SMILES string of the molecule is O=C(Nc1ccc(-n2ccncc2=O)cc1F)c1nc(CNC(=O)c2ccc(Cl)s2)no1. The standard InChI is InChI=1S/C19H12ClFN6O4S/c20-14-4-3-13(32-14)17(29)23-8-15-25-19(31-26-15)18(30)24-12-2-1-10(7-11(12)21)27-6-5-22-9-16(27)28/h1-7,9H,8H2,(H,23,29)(H,24,30). The Hall–Kier alpha value is -3.90. The molecule has 0 fully saturated rings. The number of nitrogens with zero attached hydrogens (tertiary/aromatic N) is 4. The van der Waals surface area contributed by atoms with Gasteiger partial charge in [0.2, 0.25) is 0 Å². The van der Waals surface area contributed by atoms with Gasteiger partial charge >= 0.3 is 11.8 Å². The van der Waals surface area contributed by atoms with Crippen LogP contribution in [0.2, 0.25) is 4.34 Å². The molecule has 3 heterocycles. The third-order valence-electron chi connectivity index (χ3n) is 4.07. The van der Waals surface area contributed by atoms with E-state index in [9.17, 15) is 18.8 Å². The first-order valence-electron chi connectivity index (χ1n) is 8.91. The predicted octanol–water partition coefficient (Wildman–Crippen LogP) is 2.65. The molecule has 13 heteroatoms. The van der Waals surface area contributed by atoms with E-state index in [1.54, 1.807) is 12.1 Å². The van der Waals surface area contributed by atoms with E-state index in [1.807, 2.05) is 0 Å². The van der Waals surface area contributed by atoms with Gasteiger partial charge in [0.25, 0.3) is 11.5 Å². The summed E-state index contributed by atoms with van der Waals surface area (Å²) < 4.78 is 21.0. The van der Waals surface area contributed by atoms with Gasteiger partial charge in [-0.15, -0.1) is 11.3 Å². The van der Waals surface area contributed by atoms with Crippen molar-refractivity contribution in [3.8, 4) is 5.69 Å². The fourth-order valence-electron chi connectivity index (χ4n) is 2.59. The molecule has 0 atom stereocenters. The van der Waals surface area contributed by atoms with Crippen molar-refractivity contribution in [2.75, 3.05) is 5.32 Å². The Morgan fingerprint density at radius 1 is 1.22 bits per heavy atom. The molecule has 162 valence electrons. The maximum atomic E-state index is 14.5. The highest BCUT2D eigenvalue weighted by Crippen LogP contribution is 2.21. The Morgan fingerprint density at radius 2 is 2.06 bits per heavy atom. The lowest BCUT2D eigenvalue weighted by Crippen LogP contribution is -2.22. The number of thiophene rings is 1. The fourth-order valence-corrected chi connectivity index (χ4v) is 3.55. The molecule has 0 aliphatic carbocycles. The second-order valence-electron chi connectivity index (χ2n) is 6.21. The average molecular weight is 475 g/mol. The zero-order valence-corrected chi connectivity index (χ0v) is 17.5. The minimum absolute atomic E-state index is 0.0547. The van der Waals surface area contributed by atoms with Crippen LogP contribution in [0.3, 0.4) is 0 Å². The fraction of sp³-hybridized carbons (Fsp3) is 0.0526. The number of aromatic nitrogens is 4. The van der Waals surface area contributed by atoms with Crippen molar-refractivity contribution in [1.82, 2.24) is 25.0 Å². The van der Waals surface area contributed by atoms with Gasteiger partial charge in [-0.25, -0.2) is 4.39 Å². The summed E-state index contributed by atoms with van der Waals surface area (Å²) in [7, 11) is 0. The number of hydrogen-bond acceptors (Lipinski definition) is 8. The maximum absolute atomic E-state index is 14.5. The van der Waals surface area contributed by atoms with Crippen LogP contribution < -0.4 is 16.2 Å². The molecule has 32 heavy (non-hydrogen) atoms. The van der Waals surface area contributed by atoms with Crippen LogP contribution >= 0.6 is 22.9 Å². The number of hydrogen-bond donors (Lipinski definition) is 2. The zero-order chi connectivity index (χ0) is 22.7. The van der Waals surface area contributed by atoms with Gasteiger partial charge in [-0.3, -0.25) is 23.9 Å². The number of benzene rings is 1. The van der Waals surface area contributed by atoms with Crippen LogP contribution in [0.4, 0.5) is 10.1 Å². The zero-order valence-electron chi connectivity index (χ0n) is 15.9. The number of halogens is 2. The molecular weight excluding hydrogens is 463 g/mol. The van der Waals surface area contributed by atoms with Crippen LogP contribution in [0.5, 0.6) is 0 Å². The molecule has 0 aliphatic heterocycles. The van der Waals surface area contributed by atoms with Crippen molar-refractivity contribution in [2.24, 2.45) is 0 Å². The van der Waals surface area contributed by atoms with Crippen molar-refractivity contribution in [2.45, 2.75) is 6.54 Å².